The molecule has 3 rings (SSSR count). The zero-order valence-corrected chi connectivity index (χ0v) is 12.5. The van der Waals surface area contributed by atoms with Gasteiger partial charge in [0.2, 0.25) is 0 Å². The largest absolute Gasteiger partial charge is 0.497 e. The van der Waals surface area contributed by atoms with Crippen LogP contribution >= 0.6 is 27.3 Å². The lowest BCUT2D eigenvalue weighted by molar-refractivity contribution is 0.415. The highest BCUT2D eigenvalue weighted by Gasteiger charge is 2.09. The standard InChI is InChI=1S/C13H10BrN3OS/c1-18-8-2-3-10-9(5-8)12(15)17-13(16-10)7-4-11(14)19-6-7/h2-6H,1H3,(H2,15,16,17). The van der Waals surface area contributed by atoms with Crippen LogP contribution in [0.1, 0.15) is 0 Å². The lowest BCUT2D eigenvalue weighted by atomic mass is 10.2. The predicted octanol–water partition coefficient (Wildman–Crippen LogP) is 3.71. The van der Waals surface area contributed by atoms with Crippen LogP contribution in [0.2, 0.25) is 0 Å². The average molecular weight is 336 g/mol. The van der Waals surface area contributed by atoms with Gasteiger partial charge in [-0.05, 0) is 40.2 Å². The summed E-state index contributed by atoms with van der Waals surface area (Å²) in [7, 11) is 1.62. The lowest BCUT2D eigenvalue weighted by Gasteiger charge is -2.06. The van der Waals surface area contributed by atoms with Crippen LogP contribution in [0, 0.1) is 0 Å². The first kappa shape index (κ1) is 12.4. The van der Waals surface area contributed by atoms with Crippen molar-refractivity contribution in [3.8, 4) is 17.1 Å². The molecular weight excluding hydrogens is 326 g/mol. The number of thiophene rings is 1. The summed E-state index contributed by atoms with van der Waals surface area (Å²) < 4.78 is 6.22. The Labute approximate surface area is 122 Å². The highest BCUT2D eigenvalue weighted by Crippen LogP contribution is 2.30. The number of aromatic nitrogens is 2. The molecule has 4 nitrogen and oxygen atoms in total. The van der Waals surface area contributed by atoms with E-state index < -0.39 is 0 Å². The minimum atomic E-state index is 0.459. The van der Waals surface area contributed by atoms with E-state index >= 15 is 0 Å². The van der Waals surface area contributed by atoms with Crippen LogP contribution in [0.25, 0.3) is 22.3 Å². The fourth-order valence-corrected chi connectivity index (χ4v) is 2.95. The molecule has 96 valence electrons. The first-order chi connectivity index (χ1) is 9.17. The minimum Gasteiger partial charge on any atom is -0.497 e. The summed E-state index contributed by atoms with van der Waals surface area (Å²) in [6.45, 7) is 0. The van der Waals surface area contributed by atoms with Crippen molar-refractivity contribution in [2.75, 3.05) is 12.8 Å². The second-order valence-corrected chi connectivity index (χ2v) is 6.25. The third-order valence-electron chi connectivity index (χ3n) is 2.76. The zero-order chi connectivity index (χ0) is 13.4. The van der Waals surface area contributed by atoms with Crippen molar-refractivity contribution in [3.63, 3.8) is 0 Å². The van der Waals surface area contributed by atoms with Gasteiger partial charge in [0.1, 0.15) is 11.6 Å². The van der Waals surface area contributed by atoms with Crippen LogP contribution in [0.3, 0.4) is 0 Å². The molecule has 2 N–H and O–H groups in total. The third kappa shape index (κ3) is 2.29. The van der Waals surface area contributed by atoms with Gasteiger partial charge in [-0.25, -0.2) is 9.97 Å². The quantitative estimate of drug-likeness (QED) is 0.775. The second kappa shape index (κ2) is 4.79. The summed E-state index contributed by atoms with van der Waals surface area (Å²) in [5, 5.41) is 2.80. The summed E-state index contributed by atoms with van der Waals surface area (Å²) in [6, 6.07) is 7.58. The molecule has 6 heteroatoms. The van der Waals surface area contributed by atoms with Crippen LogP contribution in [-0.2, 0) is 0 Å². The number of halogens is 1. The number of ether oxygens (including phenoxy) is 1. The predicted molar refractivity (Wildman–Crippen MR) is 81.5 cm³/mol. The molecule has 0 aliphatic carbocycles. The van der Waals surface area contributed by atoms with Gasteiger partial charge in [-0.15, -0.1) is 11.3 Å². The molecule has 19 heavy (non-hydrogen) atoms. The number of fused-ring (bicyclic) bond motifs is 1. The number of hydrogen-bond acceptors (Lipinski definition) is 5. The van der Waals surface area contributed by atoms with Crippen LogP contribution < -0.4 is 10.5 Å². The summed E-state index contributed by atoms with van der Waals surface area (Å²) in [6.07, 6.45) is 0. The monoisotopic (exact) mass is 335 g/mol. The molecule has 0 atom stereocenters. The number of hydrogen-bond donors (Lipinski definition) is 1. The molecule has 0 fully saturated rings. The zero-order valence-electron chi connectivity index (χ0n) is 10.1. The Morgan fingerprint density at radius 3 is 2.79 bits per heavy atom. The summed E-state index contributed by atoms with van der Waals surface area (Å²) in [4.78, 5) is 8.89. The average Bonchev–Trinajstić information content (AvgIpc) is 2.85. The molecule has 0 radical (unpaired) electrons. The van der Waals surface area contributed by atoms with E-state index in [0.29, 0.717) is 11.6 Å². The van der Waals surface area contributed by atoms with Crippen molar-refractivity contribution in [2.24, 2.45) is 0 Å². The van der Waals surface area contributed by atoms with Gasteiger partial charge in [0, 0.05) is 16.3 Å². The molecule has 0 bridgehead atoms. The van der Waals surface area contributed by atoms with E-state index in [1.807, 2.05) is 29.6 Å². The van der Waals surface area contributed by atoms with Crippen molar-refractivity contribution in [3.05, 3.63) is 33.4 Å². The maximum Gasteiger partial charge on any atom is 0.163 e. The second-order valence-electron chi connectivity index (χ2n) is 3.96. The van der Waals surface area contributed by atoms with E-state index in [1.165, 1.54) is 0 Å². The molecule has 0 saturated heterocycles. The number of methoxy groups -OCH3 is 1. The van der Waals surface area contributed by atoms with Gasteiger partial charge in [-0.2, -0.15) is 0 Å². The van der Waals surface area contributed by atoms with Crippen LogP contribution in [0.4, 0.5) is 5.82 Å². The van der Waals surface area contributed by atoms with Crippen molar-refractivity contribution in [2.45, 2.75) is 0 Å². The topological polar surface area (TPSA) is 61.0 Å². The number of anilines is 1. The van der Waals surface area contributed by atoms with Gasteiger partial charge in [0.15, 0.2) is 5.82 Å². The Morgan fingerprint density at radius 1 is 1.26 bits per heavy atom. The Hall–Kier alpha value is -1.66. The van der Waals surface area contributed by atoms with Crippen LogP contribution in [0.5, 0.6) is 5.75 Å². The molecule has 0 aliphatic rings. The molecule has 3 aromatic rings. The van der Waals surface area contributed by atoms with Gasteiger partial charge in [-0.3, -0.25) is 0 Å². The summed E-state index contributed by atoms with van der Waals surface area (Å²) >= 11 is 5.02. The molecular formula is C13H10BrN3OS. The van der Waals surface area contributed by atoms with E-state index in [9.17, 15) is 0 Å². The number of nitrogens with two attached hydrogens (primary N) is 1. The minimum absolute atomic E-state index is 0.459. The number of benzene rings is 1. The SMILES string of the molecule is COc1ccc2nc(-c3csc(Br)c3)nc(N)c2c1. The Bertz CT molecular complexity index is 757. The fraction of sp³-hybridized carbons (Fsp3) is 0.0769. The Morgan fingerprint density at radius 2 is 2.11 bits per heavy atom. The fourth-order valence-electron chi connectivity index (χ4n) is 1.81. The molecule has 0 spiro atoms. The van der Waals surface area contributed by atoms with Gasteiger partial charge in [0.25, 0.3) is 0 Å². The Kier molecular flexibility index (Phi) is 3.12. The van der Waals surface area contributed by atoms with Gasteiger partial charge >= 0.3 is 0 Å². The van der Waals surface area contributed by atoms with Gasteiger partial charge in [0.05, 0.1) is 16.4 Å². The van der Waals surface area contributed by atoms with Crippen molar-refractivity contribution in [1.29, 1.82) is 0 Å². The highest BCUT2D eigenvalue weighted by molar-refractivity contribution is 9.11. The van der Waals surface area contributed by atoms with E-state index in [1.54, 1.807) is 18.4 Å². The molecule has 0 aliphatic heterocycles. The van der Waals surface area contributed by atoms with E-state index in [2.05, 4.69) is 25.9 Å². The molecule has 0 unspecified atom stereocenters. The van der Waals surface area contributed by atoms with Gasteiger partial charge < -0.3 is 10.5 Å². The highest BCUT2D eigenvalue weighted by atomic mass is 79.9. The van der Waals surface area contributed by atoms with Crippen molar-refractivity contribution in [1.82, 2.24) is 9.97 Å². The number of nitrogens with zero attached hydrogens (tertiary/aromatic N) is 2. The maximum atomic E-state index is 6.01. The Balaban J connectivity index is 2.19. The first-order valence-electron chi connectivity index (χ1n) is 5.53. The summed E-state index contributed by atoms with van der Waals surface area (Å²) in [5.74, 6) is 1.84. The molecule has 0 amide bonds. The maximum absolute atomic E-state index is 6.01. The molecule has 2 heterocycles. The molecule has 1 aromatic carbocycles. The number of rotatable bonds is 2. The lowest BCUT2D eigenvalue weighted by Crippen LogP contribution is -1.97. The number of nitrogen functional groups attached to an aromatic ring is 1. The van der Waals surface area contributed by atoms with E-state index in [-0.39, 0.29) is 0 Å². The first-order valence-corrected chi connectivity index (χ1v) is 7.20. The van der Waals surface area contributed by atoms with E-state index in [4.69, 9.17) is 10.5 Å². The van der Waals surface area contributed by atoms with Crippen molar-refractivity contribution < 1.29 is 4.74 Å². The van der Waals surface area contributed by atoms with Gasteiger partial charge in [-0.1, -0.05) is 0 Å². The van der Waals surface area contributed by atoms with Crippen LogP contribution in [-0.4, -0.2) is 17.1 Å². The van der Waals surface area contributed by atoms with Crippen LogP contribution in [0.15, 0.2) is 33.4 Å². The van der Waals surface area contributed by atoms with E-state index in [0.717, 1.165) is 26.0 Å². The summed E-state index contributed by atoms with van der Waals surface area (Å²) in [5.41, 5.74) is 7.78. The third-order valence-corrected chi connectivity index (χ3v) is 4.26. The molecule has 2 aromatic heterocycles. The smallest absolute Gasteiger partial charge is 0.163 e. The normalized spacial score (nSPS) is 10.8. The molecule has 0 saturated carbocycles. The van der Waals surface area contributed by atoms with Crippen molar-refractivity contribution >= 4 is 44.0 Å².